The first kappa shape index (κ1) is 15.5. The highest BCUT2D eigenvalue weighted by atomic mass is 32.1. The zero-order chi connectivity index (χ0) is 15.6. The molecule has 4 nitrogen and oxygen atoms in total. The Hall–Kier alpha value is -1.92. The van der Waals surface area contributed by atoms with Crippen LogP contribution in [-0.2, 0) is 0 Å². The van der Waals surface area contributed by atoms with E-state index in [1.54, 1.807) is 0 Å². The van der Waals surface area contributed by atoms with Gasteiger partial charge in [0.05, 0.1) is 10.6 Å². The van der Waals surface area contributed by atoms with Crippen LogP contribution in [0.3, 0.4) is 0 Å². The van der Waals surface area contributed by atoms with Crippen LogP contribution in [0.4, 0.5) is 5.69 Å². The molecule has 0 atom stereocenters. The molecule has 0 bridgehead atoms. The first-order valence-corrected chi connectivity index (χ1v) is 7.71. The van der Waals surface area contributed by atoms with Gasteiger partial charge in [-0.15, -0.1) is 11.3 Å². The van der Waals surface area contributed by atoms with E-state index in [-0.39, 0.29) is 11.0 Å². The van der Waals surface area contributed by atoms with Crippen LogP contribution >= 0.6 is 23.6 Å². The zero-order valence-electron chi connectivity index (χ0n) is 12.1. The van der Waals surface area contributed by atoms with Crippen molar-refractivity contribution in [3.05, 3.63) is 51.2 Å². The number of amides is 1. The fourth-order valence-electron chi connectivity index (χ4n) is 1.95. The lowest BCUT2D eigenvalue weighted by molar-refractivity contribution is 0.0958. The van der Waals surface area contributed by atoms with Crippen molar-refractivity contribution in [3.8, 4) is 0 Å². The number of carbonyl (C=O) groups excluding carboxylic acids is 1. The Morgan fingerprint density at radius 2 is 1.95 bits per heavy atom. The molecule has 0 radical (unpaired) electrons. The number of aryl methyl sites for hydroxylation is 3. The number of nitrogens with two attached hydrogens (primary N) is 1. The summed E-state index contributed by atoms with van der Waals surface area (Å²) in [5.74, 6) is -0.212. The van der Waals surface area contributed by atoms with E-state index in [2.05, 4.69) is 5.43 Å². The molecule has 1 heterocycles. The lowest BCUT2D eigenvalue weighted by Gasteiger charge is -2.25. The lowest BCUT2D eigenvalue weighted by atomic mass is 10.1. The Labute approximate surface area is 133 Å². The molecule has 6 heteroatoms. The van der Waals surface area contributed by atoms with Crippen molar-refractivity contribution >= 4 is 40.3 Å². The molecule has 0 aliphatic rings. The third kappa shape index (κ3) is 3.40. The van der Waals surface area contributed by atoms with Gasteiger partial charge in [0.15, 0.2) is 5.11 Å². The number of thiocarbonyl (C=S) groups is 1. The highest BCUT2D eigenvalue weighted by molar-refractivity contribution is 7.80. The van der Waals surface area contributed by atoms with Crippen molar-refractivity contribution in [2.75, 3.05) is 5.01 Å². The summed E-state index contributed by atoms with van der Waals surface area (Å²) in [5.41, 5.74) is 12.3. The number of nitrogens with one attached hydrogen (secondary N) is 1. The van der Waals surface area contributed by atoms with Crippen LogP contribution in [0.1, 0.15) is 26.4 Å². The van der Waals surface area contributed by atoms with Crippen molar-refractivity contribution in [1.29, 1.82) is 0 Å². The number of benzene rings is 1. The molecular weight excluding hydrogens is 302 g/mol. The first-order valence-electron chi connectivity index (χ1n) is 6.42. The zero-order valence-corrected chi connectivity index (χ0v) is 13.8. The molecule has 0 spiro atoms. The molecule has 0 saturated heterocycles. The maximum atomic E-state index is 12.4. The predicted molar refractivity (Wildman–Crippen MR) is 91.7 cm³/mol. The molecule has 0 aliphatic carbocycles. The van der Waals surface area contributed by atoms with Gasteiger partial charge in [-0.3, -0.25) is 10.2 Å². The number of hydrazine groups is 1. The Balaban J connectivity index is 2.32. The number of carbonyl (C=O) groups is 1. The summed E-state index contributed by atoms with van der Waals surface area (Å²) in [5, 5.41) is 3.44. The SMILES string of the molecule is Cc1ccc(C)c(N(NC(=O)c2sccc2C)C(N)=S)c1. The molecule has 1 amide bonds. The van der Waals surface area contributed by atoms with Crippen LogP contribution in [-0.4, -0.2) is 11.0 Å². The summed E-state index contributed by atoms with van der Waals surface area (Å²) < 4.78 is 0. The van der Waals surface area contributed by atoms with Gasteiger partial charge in [0.1, 0.15) is 0 Å². The molecule has 2 aromatic rings. The van der Waals surface area contributed by atoms with Gasteiger partial charge in [-0.25, -0.2) is 5.01 Å². The number of nitrogens with zero attached hydrogens (tertiary/aromatic N) is 1. The van der Waals surface area contributed by atoms with Gasteiger partial charge >= 0.3 is 0 Å². The van der Waals surface area contributed by atoms with Crippen molar-refractivity contribution in [1.82, 2.24) is 5.43 Å². The van der Waals surface area contributed by atoms with Gasteiger partial charge in [0, 0.05) is 0 Å². The van der Waals surface area contributed by atoms with Gasteiger partial charge in [0.25, 0.3) is 5.91 Å². The number of rotatable bonds is 2. The Morgan fingerprint density at radius 3 is 2.52 bits per heavy atom. The van der Waals surface area contributed by atoms with Gasteiger partial charge in [-0.2, -0.15) is 0 Å². The molecule has 3 N–H and O–H groups in total. The molecule has 110 valence electrons. The minimum absolute atomic E-state index is 0.103. The highest BCUT2D eigenvalue weighted by Crippen LogP contribution is 2.21. The normalized spacial score (nSPS) is 10.2. The second-order valence-corrected chi connectivity index (χ2v) is 6.17. The Morgan fingerprint density at radius 1 is 1.24 bits per heavy atom. The molecule has 0 fully saturated rings. The molecule has 0 aliphatic heterocycles. The summed E-state index contributed by atoms with van der Waals surface area (Å²) in [4.78, 5) is 13.0. The molecule has 21 heavy (non-hydrogen) atoms. The lowest BCUT2D eigenvalue weighted by Crippen LogP contribution is -2.49. The van der Waals surface area contributed by atoms with Crippen LogP contribution in [0.5, 0.6) is 0 Å². The quantitative estimate of drug-likeness (QED) is 0.660. The summed E-state index contributed by atoms with van der Waals surface area (Å²) in [6.07, 6.45) is 0. The number of hydrogen-bond donors (Lipinski definition) is 2. The van der Waals surface area contributed by atoms with Crippen molar-refractivity contribution in [2.45, 2.75) is 20.8 Å². The monoisotopic (exact) mass is 319 g/mol. The van der Waals surface area contributed by atoms with Crippen molar-refractivity contribution in [3.63, 3.8) is 0 Å². The maximum Gasteiger partial charge on any atom is 0.280 e. The fourth-order valence-corrected chi connectivity index (χ4v) is 2.91. The highest BCUT2D eigenvalue weighted by Gasteiger charge is 2.18. The van der Waals surface area contributed by atoms with Gasteiger partial charge in [0.2, 0.25) is 0 Å². The second kappa shape index (κ2) is 6.24. The van der Waals surface area contributed by atoms with E-state index < -0.39 is 0 Å². The Bertz CT molecular complexity index is 694. The average molecular weight is 319 g/mol. The third-order valence-corrected chi connectivity index (χ3v) is 4.31. The molecule has 1 aromatic heterocycles. The minimum atomic E-state index is -0.212. The van der Waals surface area contributed by atoms with Crippen LogP contribution in [0, 0.1) is 20.8 Å². The van der Waals surface area contributed by atoms with Crippen LogP contribution in [0.25, 0.3) is 0 Å². The second-order valence-electron chi connectivity index (χ2n) is 4.84. The topological polar surface area (TPSA) is 58.4 Å². The summed E-state index contributed by atoms with van der Waals surface area (Å²) in [6.45, 7) is 5.82. The van der Waals surface area contributed by atoms with Crippen LogP contribution in [0.2, 0.25) is 0 Å². The summed E-state index contributed by atoms with van der Waals surface area (Å²) in [7, 11) is 0. The summed E-state index contributed by atoms with van der Waals surface area (Å²) in [6, 6.07) is 7.82. The van der Waals surface area contributed by atoms with Gasteiger partial charge < -0.3 is 5.73 Å². The molecule has 1 aromatic carbocycles. The van der Waals surface area contributed by atoms with Crippen LogP contribution in [0.15, 0.2) is 29.6 Å². The molecule has 0 saturated carbocycles. The fraction of sp³-hybridized carbons (Fsp3) is 0.200. The Kier molecular flexibility index (Phi) is 4.59. The number of hydrogen-bond acceptors (Lipinski definition) is 3. The summed E-state index contributed by atoms with van der Waals surface area (Å²) >= 11 is 6.47. The third-order valence-electron chi connectivity index (χ3n) is 3.11. The van der Waals surface area contributed by atoms with E-state index in [1.165, 1.54) is 16.3 Å². The standard InChI is InChI=1S/C15H17N3OS2/c1-9-4-5-10(2)12(8-9)18(15(16)20)17-14(19)13-11(3)6-7-21-13/h4-8H,1-3H3,(H2,16,20)(H,17,19). The number of thiophene rings is 1. The largest absolute Gasteiger partial charge is 0.374 e. The van der Waals surface area contributed by atoms with Gasteiger partial charge in [-0.1, -0.05) is 12.1 Å². The van der Waals surface area contributed by atoms with E-state index in [9.17, 15) is 4.79 Å². The molecule has 0 unspecified atom stereocenters. The van der Waals surface area contributed by atoms with Crippen molar-refractivity contribution in [2.24, 2.45) is 5.73 Å². The maximum absolute atomic E-state index is 12.4. The van der Waals surface area contributed by atoms with Crippen molar-refractivity contribution < 1.29 is 4.79 Å². The number of anilines is 1. The minimum Gasteiger partial charge on any atom is -0.374 e. The van der Waals surface area contributed by atoms with E-state index >= 15 is 0 Å². The molecular formula is C15H17N3OS2. The molecule has 2 rings (SSSR count). The van der Waals surface area contributed by atoms with E-state index in [0.717, 1.165) is 22.4 Å². The predicted octanol–water partition coefficient (Wildman–Crippen LogP) is 3.07. The van der Waals surface area contributed by atoms with Gasteiger partial charge in [-0.05, 0) is 67.2 Å². The van der Waals surface area contributed by atoms with E-state index in [0.29, 0.717) is 4.88 Å². The van der Waals surface area contributed by atoms with Crippen LogP contribution < -0.4 is 16.2 Å². The van der Waals surface area contributed by atoms with E-state index in [4.69, 9.17) is 18.0 Å². The smallest absolute Gasteiger partial charge is 0.280 e. The van der Waals surface area contributed by atoms with E-state index in [1.807, 2.05) is 50.4 Å². The first-order chi connectivity index (χ1) is 9.90. The average Bonchev–Trinajstić information content (AvgIpc) is 2.85.